The van der Waals surface area contributed by atoms with Crippen LogP contribution in [-0.2, 0) is 14.2 Å². The molecule has 8 unspecified atom stereocenters. The molecule has 2 aliphatic rings. The van der Waals surface area contributed by atoms with Crippen LogP contribution in [0, 0.1) is 0 Å². The topological polar surface area (TPSA) is 189 Å². The average molecular weight is 456 g/mol. The van der Waals surface area contributed by atoms with E-state index in [4.69, 9.17) is 23.4 Å². The molecule has 2 aromatic rings. The summed E-state index contributed by atoms with van der Waals surface area (Å²) in [4.78, 5) is 11.5. The highest BCUT2D eigenvalue weighted by molar-refractivity contribution is 5.77. The van der Waals surface area contributed by atoms with Gasteiger partial charge in [0.1, 0.15) is 41.3 Å². The number of hydrogen-bond acceptors (Lipinski definition) is 12. The second kappa shape index (κ2) is 9.02. The Hall–Kier alpha value is -2.13. The van der Waals surface area contributed by atoms with Crippen LogP contribution in [-0.4, -0.2) is 99.2 Å². The molecule has 3 heterocycles. The molecule has 6 N–H and O–H groups in total. The van der Waals surface area contributed by atoms with E-state index in [9.17, 15) is 35.4 Å². The SMILES string of the molecule is O=c1ccc2ccc(OC3OC(CO)C(O)C(O)C3OC3OCC(O)(CO)C3O)cc2o1. The second-order valence-electron chi connectivity index (χ2n) is 7.77. The maximum absolute atomic E-state index is 11.5. The quantitative estimate of drug-likeness (QED) is 0.250. The number of aliphatic hydroxyl groups is 6. The first kappa shape index (κ1) is 23.0. The zero-order chi connectivity index (χ0) is 23.0. The Morgan fingerprint density at radius 3 is 2.50 bits per heavy atom. The molecule has 2 fully saturated rings. The van der Waals surface area contributed by atoms with Crippen LogP contribution in [0.3, 0.4) is 0 Å². The molecule has 0 saturated carbocycles. The fraction of sp³-hybridized carbons (Fsp3) is 0.550. The smallest absolute Gasteiger partial charge is 0.336 e. The van der Waals surface area contributed by atoms with Gasteiger partial charge in [-0.25, -0.2) is 4.79 Å². The molecule has 8 atom stereocenters. The molecule has 176 valence electrons. The summed E-state index contributed by atoms with van der Waals surface area (Å²) in [6.07, 6.45) is -10.4. The van der Waals surface area contributed by atoms with Crippen molar-refractivity contribution in [3.8, 4) is 5.75 Å². The van der Waals surface area contributed by atoms with Gasteiger partial charge in [-0.2, -0.15) is 0 Å². The van der Waals surface area contributed by atoms with E-state index in [-0.39, 0.29) is 11.3 Å². The fourth-order valence-corrected chi connectivity index (χ4v) is 3.61. The van der Waals surface area contributed by atoms with Gasteiger partial charge in [0.25, 0.3) is 0 Å². The minimum atomic E-state index is -1.97. The summed E-state index contributed by atoms with van der Waals surface area (Å²) >= 11 is 0. The summed E-state index contributed by atoms with van der Waals surface area (Å²) in [5.41, 5.74) is -2.30. The summed E-state index contributed by atoms with van der Waals surface area (Å²) in [5, 5.41) is 60.6. The summed E-state index contributed by atoms with van der Waals surface area (Å²) in [5.74, 6) is 0.158. The second-order valence-corrected chi connectivity index (χ2v) is 7.77. The Bertz CT molecular complexity index is 994. The molecule has 32 heavy (non-hydrogen) atoms. The van der Waals surface area contributed by atoms with Crippen molar-refractivity contribution < 1.29 is 54.0 Å². The molecule has 0 radical (unpaired) electrons. The van der Waals surface area contributed by atoms with E-state index in [0.29, 0.717) is 5.39 Å². The van der Waals surface area contributed by atoms with Crippen LogP contribution in [0.15, 0.2) is 39.5 Å². The lowest BCUT2D eigenvalue weighted by atomic mass is 9.98. The third-order valence-electron chi connectivity index (χ3n) is 5.54. The van der Waals surface area contributed by atoms with E-state index >= 15 is 0 Å². The summed E-state index contributed by atoms with van der Waals surface area (Å²) < 4.78 is 27.2. The van der Waals surface area contributed by atoms with E-state index in [0.717, 1.165) is 0 Å². The van der Waals surface area contributed by atoms with Crippen molar-refractivity contribution in [2.45, 2.75) is 48.7 Å². The number of benzene rings is 1. The molecule has 12 heteroatoms. The van der Waals surface area contributed by atoms with Gasteiger partial charge in [0.2, 0.25) is 6.29 Å². The molecule has 0 amide bonds. The number of aliphatic hydroxyl groups excluding tert-OH is 5. The average Bonchev–Trinajstić information content (AvgIpc) is 3.07. The van der Waals surface area contributed by atoms with Crippen molar-refractivity contribution in [1.29, 1.82) is 0 Å². The first-order valence-corrected chi connectivity index (χ1v) is 9.87. The highest BCUT2D eigenvalue weighted by Gasteiger charge is 2.53. The van der Waals surface area contributed by atoms with Gasteiger partial charge in [0.15, 0.2) is 12.4 Å². The lowest BCUT2D eigenvalue weighted by Gasteiger charge is -2.42. The van der Waals surface area contributed by atoms with Gasteiger partial charge in [-0.05, 0) is 18.2 Å². The predicted molar refractivity (Wildman–Crippen MR) is 104 cm³/mol. The van der Waals surface area contributed by atoms with Gasteiger partial charge >= 0.3 is 5.63 Å². The largest absolute Gasteiger partial charge is 0.462 e. The lowest BCUT2D eigenvalue weighted by Crippen LogP contribution is -2.62. The molecular formula is C20H24O12. The van der Waals surface area contributed by atoms with Gasteiger partial charge in [0, 0.05) is 17.5 Å². The Kier molecular flexibility index (Phi) is 6.49. The number of rotatable bonds is 6. The third-order valence-corrected chi connectivity index (χ3v) is 5.54. The molecule has 4 rings (SSSR count). The first-order valence-electron chi connectivity index (χ1n) is 9.87. The van der Waals surface area contributed by atoms with Crippen molar-refractivity contribution >= 4 is 11.0 Å². The van der Waals surface area contributed by atoms with Gasteiger partial charge in [-0.1, -0.05) is 0 Å². The van der Waals surface area contributed by atoms with Gasteiger partial charge in [0.05, 0.1) is 19.8 Å². The molecular weight excluding hydrogens is 432 g/mol. The van der Waals surface area contributed by atoms with E-state index < -0.39 is 74.1 Å². The Balaban J connectivity index is 1.59. The zero-order valence-electron chi connectivity index (χ0n) is 16.7. The van der Waals surface area contributed by atoms with E-state index in [1.165, 1.54) is 12.1 Å². The molecule has 2 saturated heterocycles. The van der Waals surface area contributed by atoms with Crippen LogP contribution in [0.25, 0.3) is 11.0 Å². The highest BCUT2D eigenvalue weighted by Crippen LogP contribution is 2.32. The van der Waals surface area contributed by atoms with Crippen molar-refractivity contribution in [1.82, 2.24) is 0 Å². The standard InChI is InChI=1S/C20H24O12/c21-6-12-14(24)15(25)16(32-19-17(26)20(27,7-22)8-28-19)18(31-12)29-10-3-1-9-2-4-13(23)30-11(9)5-10/h1-5,12,14-19,21-22,24-27H,6-8H2. The minimum absolute atomic E-state index is 0.158. The number of fused-ring (bicyclic) bond motifs is 1. The van der Waals surface area contributed by atoms with Crippen molar-refractivity contribution in [2.24, 2.45) is 0 Å². The maximum atomic E-state index is 11.5. The minimum Gasteiger partial charge on any atom is -0.462 e. The molecule has 0 spiro atoms. The van der Waals surface area contributed by atoms with Crippen LogP contribution < -0.4 is 10.4 Å². The normalized spacial score (nSPS) is 37.6. The fourth-order valence-electron chi connectivity index (χ4n) is 3.61. The Labute approximate surface area is 180 Å². The third kappa shape index (κ3) is 4.24. The lowest BCUT2D eigenvalue weighted by molar-refractivity contribution is -0.318. The Morgan fingerprint density at radius 1 is 1.06 bits per heavy atom. The van der Waals surface area contributed by atoms with Crippen molar-refractivity contribution in [2.75, 3.05) is 19.8 Å². The van der Waals surface area contributed by atoms with Gasteiger partial charge in [-0.3, -0.25) is 0 Å². The molecule has 12 nitrogen and oxygen atoms in total. The first-order chi connectivity index (χ1) is 15.3. The van der Waals surface area contributed by atoms with Crippen LogP contribution in [0.2, 0.25) is 0 Å². The van der Waals surface area contributed by atoms with Crippen LogP contribution in [0.5, 0.6) is 5.75 Å². The van der Waals surface area contributed by atoms with E-state index in [1.54, 1.807) is 18.2 Å². The highest BCUT2D eigenvalue weighted by atomic mass is 16.8. The maximum Gasteiger partial charge on any atom is 0.336 e. The van der Waals surface area contributed by atoms with E-state index in [2.05, 4.69) is 0 Å². The molecule has 0 bridgehead atoms. The number of hydrogen-bond donors (Lipinski definition) is 6. The molecule has 2 aliphatic heterocycles. The molecule has 1 aromatic heterocycles. The summed E-state index contributed by atoms with van der Waals surface area (Å²) in [6.45, 7) is -1.87. The van der Waals surface area contributed by atoms with Crippen LogP contribution in [0.1, 0.15) is 0 Å². The van der Waals surface area contributed by atoms with Crippen molar-refractivity contribution in [3.05, 3.63) is 40.8 Å². The van der Waals surface area contributed by atoms with Crippen molar-refractivity contribution in [3.63, 3.8) is 0 Å². The van der Waals surface area contributed by atoms with Gasteiger partial charge in [-0.15, -0.1) is 0 Å². The summed E-state index contributed by atoms with van der Waals surface area (Å²) in [6, 6.07) is 7.40. The summed E-state index contributed by atoms with van der Waals surface area (Å²) in [7, 11) is 0. The van der Waals surface area contributed by atoms with Crippen LogP contribution in [0.4, 0.5) is 0 Å². The van der Waals surface area contributed by atoms with E-state index in [1.807, 2.05) is 0 Å². The van der Waals surface area contributed by atoms with Gasteiger partial charge < -0.3 is 54.0 Å². The number of ether oxygens (including phenoxy) is 4. The molecule has 0 aliphatic carbocycles. The predicted octanol–water partition coefficient (Wildman–Crippen LogP) is -2.56. The Morgan fingerprint density at radius 2 is 1.81 bits per heavy atom. The molecule has 1 aromatic carbocycles. The van der Waals surface area contributed by atoms with Crippen LogP contribution >= 0.6 is 0 Å². The monoisotopic (exact) mass is 456 g/mol. The zero-order valence-corrected chi connectivity index (χ0v) is 16.7.